The molecule has 1 aromatic carbocycles. The highest BCUT2D eigenvalue weighted by atomic mass is 35.5. The molecule has 3 rings (SSSR count). The van der Waals surface area contributed by atoms with Crippen molar-refractivity contribution in [2.45, 2.75) is 20.8 Å². The summed E-state index contributed by atoms with van der Waals surface area (Å²) in [6.45, 7) is 5.60. The number of fused-ring (bicyclic) bond motifs is 1. The van der Waals surface area contributed by atoms with Crippen molar-refractivity contribution in [3.8, 4) is 0 Å². The second-order valence-electron chi connectivity index (χ2n) is 5.26. The standard InChI is InChI=1S/C17H13ClFN2OS/c1-8-6-9(2)20-16(10(8)3)21-17(22)15-14(18)12-5-4-11(19)7-13(12)23-15/h4-5,7H,1-3H3,(H,20,21,22). The molecule has 1 radical (unpaired) electrons. The van der Waals surface area contributed by atoms with Crippen LogP contribution < -0.4 is 5.32 Å². The van der Waals surface area contributed by atoms with Gasteiger partial charge in [-0.25, -0.2) is 9.37 Å². The maximum absolute atomic E-state index is 13.3. The molecule has 2 aromatic heterocycles. The minimum absolute atomic E-state index is 0.330. The summed E-state index contributed by atoms with van der Waals surface area (Å²) in [5.74, 6) is -0.217. The molecule has 2 heterocycles. The average molecular weight is 348 g/mol. The predicted molar refractivity (Wildman–Crippen MR) is 92.0 cm³/mol. The molecule has 23 heavy (non-hydrogen) atoms. The van der Waals surface area contributed by atoms with Crippen molar-refractivity contribution < 1.29 is 9.18 Å². The fourth-order valence-corrected chi connectivity index (χ4v) is 3.73. The third kappa shape index (κ3) is 2.94. The van der Waals surface area contributed by atoms with E-state index < -0.39 is 0 Å². The van der Waals surface area contributed by atoms with Crippen LogP contribution in [0.5, 0.6) is 0 Å². The Balaban J connectivity index is 2.00. The summed E-state index contributed by atoms with van der Waals surface area (Å²) in [5.41, 5.74) is 2.48. The molecule has 0 aliphatic carbocycles. The molecule has 0 atom stereocenters. The van der Waals surface area contributed by atoms with Gasteiger partial charge in [-0.3, -0.25) is 4.79 Å². The van der Waals surface area contributed by atoms with E-state index in [-0.39, 0.29) is 11.7 Å². The van der Waals surface area contributed by atoms with Gasteiger partial charge < -0.3 is 5.32 Å². The van der Waals surface area contributed by atoms with Gasteiger partial charge in [-0.05, 0) is 50.1 Å². The Kier molecular flexibility index (Phi) is 4.08. The zero-order valence-electron chi connectivity index (χ0n) is 12.8. The lowest BCUT2D eigenvalue weighted by Gasteiger charge is -2.10. The van der Waals surface area contributed by atoms with Crippen molar-refractivity contribution in [3.05, 3.63) is 56.8 Å². The van der Waals surface area contributed by atoms with Gasteiger partial charge in [0.15, 0.2) is 0 Å². The van der Waals surface area contributed by atoms with Crippen LogP contribution in [0.1, 0.15) is 26.5 Å². The molecule has 0 aliphatic rings. The van der Waals surface area contributed by atoms with Crippen molar-refractivity contribution in [1.29, 1.82) is 0 Å². The SMILES string of the molecule is Cc1[c]c(C)c(C)c(NC(=O)c2sc3cc(F)ccc3c2Cl)n1. The summed E-state index contributed by atoms with van der Waals surface area (Å²) in [4.78, 5) is 17.2. The monoisotopic (exact) mass is 347 g/mol. The van der Waals surface area contributed by atoms with Crippen LogP contribution in [0.3, 0.4) is 0 Å². The summed E-state index contributed by atoms with van der Waals surface area (Å²) < 4.78 is 14.0. The second kappa shape index (κ2) is 5.91. The van der Waals surface area contributed by atoms with Gasteiger partial charge in [0.05, 0.1) is 5.02 Å². The van der Waals surface area contributed by atoms with E-state index in [0.29, 0.717) is 31.5 Å². The van der Waals surface area contributed by atoms with Gasteiger partial charge >= 0.3 is 0 Å². The predicted octanol–water partition coefficient (Wildman–Crippen LogP) is 5.07. The number of carbonyl (C=O) groups excluding carboxylic acids is 1. The molecule has 3 nitrogen and oxygen atoms in total. The Labute approximate surface area is 142 Å². The maximum Gasteiger partial charge on any atom is 0.268 e. The molecule has 117 valence electrons. The largest absolute Gasteiger partial charge is 0.306 e. The minimum atomic E-state index is -0.357. The van der Waals surface area contributed by atoms with Crippen LogP contribution >= 0.6 is 22.9 Å². The van der Waals surface area contributed by atoms with Gasteiger partial charge in [0.25, 0.3) is 5.91 Å². The zero-order valence-corrected chi connectivity index (χ0v) is 14.3. The molecular formula is C17H13ClFN2OS. The molecule has 0 unspecified atom stereocenters. The third-order valence-corrected chi connectivity index (χ3v) is 5.25. The lowest BCUT2D eigenvalue weighted by molar-refractivity contribution is 0.103. The quantitative estimate of drug-likeness (QED) is 0.703. The van der Waals surface area contributed by atoms with Crippen molar-refractivity contribution in [1.82, 2.24) is 4.98 Å². The number of thiophene rings is 1. The molecule has 0 spiro atoms. The summed E-state index contributed by atoms with van der Waals surface area (Å²) in [5, 5.41) is 3.78. The fraction of sp³-hybridized carbons (Fsp3) is 0.176. The number of carbonyl (C=O) groups is 1. The van der Waals surface area contributed by atoms with Gasteiger partial charge in [0.2, 0.25) is 0 Å². The van der Waals surface area contributed by atoms with E-state index in [1.54, 1.807) is 6.07 Å². The molecule has 0 aliphatic heterocycles. The first-order chi connectivity index (χ1) is 10.9. The maximum atomic E-state index is 13.3. The highest BCUT2D eigenvalue weighted by molar-refractivity contribution is 7.21. The second-order valence-corrected chi connectivity index (χ2v) is 6.69. The van der Waals surface area contributed by atoms with Crippen LogP contribution in [0.15, 0.2) is 18.2 Å². The van der Waals surface area contributed by atoms with Crippen LogP contribution in [-0.4, -0.2) is 10.9 Å². The Bertz CT molecular complexity index is 936. The van der Waals surface area contributed by atoms with Crippen molar-refractivity contribution in [2.75, 3.05) is 5.32 Å². The molecule has 6 heteroatoms. The molecule has 1 amide bonds. The summed E-state index contributed by atoms with van der Waals surface area (Å²) in [7, 11) is 0. The number of nitrogens with zero attached hydrogens (tertiary/aromatic N) is 1. The van der Waals surface area contributed by atoms with E-state index in [4.69, 9.17) is 11.6 Å². The summed E-state index contributed by atoms with van der Waals surface area (Å²) >= 11 is 7.43. The van der Waals surface area contributed by atoms with Crippen molar-refractivity contribution >= 4 is 44.7 Å². The molecule has 0 bridgehead atoms. The number of benzene rings is 1. The van der Waals surface area contributed by atoms with Gasteiger partial charge in [0.1, 0.15) is 16.5 Å². The van der Waals surface area contributed by atoms with E-state index in [9.17, 15) is 9.18 Å². The number of hydrogen-bond donors (Lipinski definition) is 1. The molecule has 3 aromatic rings. The third-order valence-electron chi connectivity index (χ3n) is 3.60. The number of nitrogens with one attached hydrogen (secondary N) is 1. The Morgan fingerprint density at radius 3 is 2.83 bits per heavy atom. The number of pyridine rings is 1. The van der Waals surface area contributed by atoms with E-state index in [1.807, 2.05) is 20.8 Å². The molecule has 0 saturated heterocycles. The Hall–Kier alpha value is -1.98. The van der Waals surface area contributed by atoms with E-state index >= 15 is 0 Å². The number of hydrogen-bond acceptors (Lipinski definition) is 3. The van der Waals surface area contributed by atoms with Gasteiger partial charge in [0, 0.05) is 21.8 Å². The van der Waals surface area contributed by atoms with Crippen molar-refractivity contribution in [3.63, 3.8) is 0 Å². The normalized spacial score (nSPS) is 11.0. The number of amides is 1. The van der Waals surface area contributed by atoms with E-state index in [0.717, 1.165) is 22.5 Å². The number of anilines is 1. The van der Waals surface area contributed by atoms with Crippen LogP contribution in [0, 0.1) is 32.7 Å². The first kappa shape index (κ1) is 15.9. The van der Waals surface area contributed by atoms with Gasteiger partial charge in [-0.2, -0.15) is 0 Å². The number of rotatable bonds is 2. The van der Waals surface area contributed by atoms with E-state index in [1.165, 1.54) is 12.1 Å². The molecule has 1 N–H and O–H groups in total. The summed E-state index contributed by atoms with van der Waals surface area (Å²) in [6.07, 6.45) is 0. The lowest BCUT2D eigenvalue weighted by atomic mass is 10.1. The van der Waals surface area contributed by atoms with Crippen LogP contribution in [0.4, 0.5) is 10.2 Å². The first-order valence-corrected chi connectivity index (χ1v) is 8.12. The minimum Gasteiger partial charge on any atom is -0.306 e. The lowest BCUT2D eigenvalue weighted by Crippen LogP contribution is -2.14. The number of halogens is 2. The number of aromatic nitrogens is 1. The zero-order chi connectivity index (χ0) is 16.7. The molecule has 0 saturated carbocycles. The van der Waals surface area contributed by atoms with Gasteiger partial charge in [-0.15, -0.1) is 11.3 Å². The Morgan fingerprint density at radius 2 is 2.09 bits per heavy atom. The smallest absolute Gasteiger partial charge is 0.268 e. The summed E-state index contributed by atoms with van der Waals surface area (Å²) in [6, 6.07) is 7.38. The van der Waals surface area contributed by atoms with E-state index in [2.05, 4.69) is 16.4 Å². The average Bonchev–Trinajstić information content (AvgIpc) is 2.80. The fourth-order valence-electron chi connectivity index (χ4n) is 2.29. The highest BCUT2D eigenvalue weighted by Gasteiger charge is 2.19. The first-order valence-electron chi connectivity index (χ1n) is 6.93. The van der Waals surface area contributed by atoms with Crippen LogP contribution in [0.2, 0.25) is 5.02 Å². The highest BCUT2D eigenvalue weighted by Crippen LogP contribution is 2.36. The molecule has 0 fully saturated rings. The van der Waals surface area contributed by atoms with Gasteiger partial charge in [-0.1, -0.05) is 11.6 Å². The van der Waals surface area contributed by atoms with Crippen LogP contribution in [0.25, 0.3) is 10.1 Å². The Morgan fingerprint density at radius 1 is 1.35 bits per heavy atom. The number of aryl methyl sites for hydroxylation is 2. The topological polar surface area (TPSA) is 42.0 Å². The molecular weight excluding hydrogens is 335 g/mol. The van der Waals surface area contributed by atoms with Crippen LogP contribution in [-0.2, 0) is 0 Å². The van der Waals surface area contributed by atoms with Crippen molar-refractivity contribution in [2.24, 2.45) is 0 Å².